The van der Waals surface area contributed by atoms with Crippen molar-refractivity contribution in [3.8, 4) is 0 Å². The first kappa shape index (κ1) is 8.40. The zero-order valence-electron chi connectivity index (χ0n) is 4.09. The van der Waals surface area contributed by atoms with E-state index in [0.717, 1.165) is 16.5 Å². The molecule has 0 saturated heterocycles. The minimum atomic E-state index is -0.378. The number of carbonyl (C=O) groups excluding carboxylic acids is 1. The Hall–Kier alpha value is 0.400. The third-order valence-electron chi connectivity index (χ3n) is 0.310. The Bertz CT molecular complexity index is 94.0. The van der Waals surface area contributed by atoms with E-state index in [9.17, 15) is 4.79 Å². The van der Waals surface area contributed by atoms with Gasteiger partial charge in [0.1, 0.15) is 0 Å². The Labute approximate surface area is 61.3 Å². The molecule has 0 bridgehead atoms. The number of carbonyl (C=O) groups is 1. The molecule has 0 fully saturated rings. The SMILES string of the molecule is C=CCSSC(=O)Cl. The lowest BCUT2D eigenvalue weighted by Gasteiger charge is -1.85. The van der Waals surface area contributed by atoms with Crippen molar-refractivity contribution in [1.29, 1.82) is 0 Å². The van der Waals surface area contributed by atoms with Gasteiger partial charge in [-0.1, -0.05) is 16.9 Å². The van der Waals surface area contributed by atoms with Gasteiger partial charge in [0, 0.05) is 5.75 Å². The highest BCUT2D eigenvalue weighted by atomic mass is 35.5. The lowest BCUT2D eigenvalue weighted by atomic mass is 10.8. The highest BCUT2D eigenvalue weighted by molar-refractivity contribution is 8.82. The number of hydrogen-bond acceptors (Lipinski definition) is 3. The van der Waals surface area contributed by atoms with Gasteiger partial charge in [0.2, 0.25) is 0 Å². The van der Waals surface area contributed by atoms with Crippen LogP contribution in [0.15, 0.2) is 12.7 Å². The number of rotatable bonds is 3. The molecule has 0 saturated carbocycles. The maximum atomic E-state index is 9.99. The van der Waals surface area contributed by atoms with Crippen molar-refractivity contribution in [3.05, 3.63) is 12.7 Å². The van der Waals surface area contributed by atoms with Crippen molar-refractivity contribution in [2.24, 2.45) is 0 Å². The Kier molecular flexibility index (Phi) is 5.81. The molecule has 0 atom stereocenters. The van der Waals surface area contributed by atoms with Gasteiger partial charge in [0.25, 0.3) is 4.57 Å². The monoisotopic (exact) mass is 168 g/mol. The molecule has 0 aromatic rings. The molecule has 1 nitrogen and oxygen atoms in total. The first-order chi connectivity index (χ1) is 3.77. The summed E-state index contributed by atoms with van der Waals surface area (Å²) in [6, 6.07) is 0. The molecule has 0 rings (SSSR count). The van der Waals surface area contributed by atoms with Crippen LogP contribution in [0.3, 0.4) is 0 Å². The largest absolute Gasteiger partial charge is 0.290 e. The quantitative estimate of drug-likeness (QED) is 0.279. The van der Waals surface area contributed by atoms with Crippen LogP contribution in [-0.2, 0) is 0 Å². The average molecular weight is 169 g/mol. The van der Waals surface area contributed by atoms with Crippen molar-refractivity contribution in [3.63, 3.8) is 0 Å². The van der Waals surface area contributed by atoms with Crippen LogP contribution in [0, 0.1) is 0 Å². The van der Waals surface area contributed by atoms with Crippen molar-refractivity contribution < 1.29 is 4.79 Å². The molecule has 4 heteroatoms. The van der Waals surface area contributed by atoms with E-state index in [1.54, 1.807) is 6.08 Å². The van der Waals surface area contributed by atoms with E-state index in [0.29, 0.717) is 0 Å². The van der Waals surface area contributed by atoms with Gasteiger partial charge in [-0.3, -0.25) is 4.79 Å². The molecule has 8 heavy (non-hydrogen) atoms. The first-order valence-corrected chi connectivity index (χ1v) is 4.57. The van der Waals surface area contributed by atoms with Gasteiger partial charge >= 0.3 is 0 Å². The smallest absolute Gasteiger partial charge is 0.267 e. The molecule has 0 aliphatic carbocycles. The fourth-order valence-corrected chi connectivity index (χ4v) is 1.56. The van der Waals surface area contributed by atoms with E-state index in [4.69, 9.17) is 11.6 Å². The second kappa shape index (κ2) is 5.54. The fourth-order valence-electron chi connectivity index (χ4n) is 0.128. The van der Waals surface area contributed by atoms with Crippen molar-refractivity contribution in [2.75, 3.05) is 5.75 Å². The van der Waals surface area contributed by atoms with Crippen LogP contribution < -0.4 is 0 Å². The summed E-state index contributed by atoms with van der Waals surface area (Å²) in [6.07, 6.45) is 1.72. The summed E-state index contributed by atoms with van der Waals surface area (Å²) in [5.41, 5.74) is 0. The lowest BCUT2D eigenvalue weighted by Crippen LogP contribution is -1.66. The van der Waals surface area contributed by atoms with Gasteiger partial charge in [0.05, 0.1) is 0 Å². The zero-order chi connectivity index (χ0) is 6.41. The molecular weight excluding hydrogens is 164 g/mol. The van der Waals surface area contributed by atoms with Crippen LogP contribution >= 0.6 is 33.2 Å². The van der Waals surface area contributed by atoms with E-state index >= 15 is 0 Å². The van der Waals surface area contributed by atoms with Crippen molar-refractivity contribution in [1.82, 2.24) is 0 Å². The van der Waals surface area contributed by atoms with E-state index in [2.05, 4.69) is 6.58 Å². The minimum Gasteiger partial charge on any atom is -0.267 e. The first-order valence-electron chi connectivity index (χ1n) is 1.87. The van der Waals surface area contributed by atoms with Crippen molar-refractivity contribution in [2.45, 2.75) is 0 Å². The Morgan fingerprint density at radius 1 is 1.88 bits per heavy atom. The Balaban J connectivity index is 2.93. The van der Waals surface area contributed by atoms with Crippen LogP contribution in [-0.4, -0.2) is 10.3 Å². The molecule has 0 unspecified atom stereocenters. The summed E-state index contributed by atoms with van der Waals surface area (Å²) in [6.45, 7) is 3.47. The normalized spacial score (nSPS) is 8.62. The summed E-state index contributed by atoms with van der Waals surface area (Å²) in [5, 5.41) is 0. The summed E-state index contributed by atoms with van der Waals surface area (Å²) in [5.74, 6) is 0.753. The van der Waals surface area contributed by atoms with E-state index in [1.807, 2.05) is 0 Å². The zero-order valence-corrected chi connectivity index (χ0v) is 6.48. The highest BCUT2D eigenvalue weighted by Gasteiger charge is 1.92. The maximum absolute atomic E-state index is 9.99. The summed E-state index contributed by atoms with van der Waals surface area (Å²) in [7, 11) is 2.41. The topological polar surface area (TPSA) is 17.1 Å². The molecule has 0 heterocycles. The summed E-state index contributed by atoms with van der Waals surface area (Å²) < 4.78 is -0.378. The van der Waals surface area contributed by atoms with Crippen LogP contribution in [0.1, 0.15) is 0 Å². The molecule has 0 aliphatic heterocycles. The minimum absolute atomic E-state index is 0.378. The Morgan fingerprint density at radius 3 is 2.88 bits per heavy atom. The summed E-state index contributed by atoms with van der Waals surface area (Å²) in [4.78, 5) is 9.99. The molecule has 0 aromatic carbocycles. The summed E-state index contributed by atoms with van der Waals surface area (Å²) >= 11 is 4.98. The molecule has 0 aromatic heterocycles. The lowest BCUT2D eigenvalue weighted by molar-refractivity contribution is 0.276. The molecule has 0 aliphatic rings. The predicted octanol–water partition coefficient (Wildman–Crippen LogP) is 2.91. The van der Waals surface area contributed by atoms with E-state index < -0.39 is 0 Å². The van der Waals surface area contributed by atoms with E-state index in [-0.39, 0.29) is 4.57 Å². The van der Waals surface area contributed by atoms with Crippen LogP contribution in [0.25, 0.3) is 0 Å². The number of halogens is 1. The predicted molar refractivity (Wildman–Crippen MR) is 41.5 cm³/mol. The Morgan fingerprint density at radius 2 is 2.50 bits per heavy atom. The van der Waals surface area contributed by atoms with Gasteiger partial charge in [-0.15, -0.1) is 6.58 Å². The fraction of sp³-hybridized carbons (Fsp3) is 0.250. The van der Waals surface area contributed by atoms with E-state index in [1.165, 1.54) is 10.8 Å². The molecule has 0 spiro atoms. The maximum Gasteiger partial charge on any atom is 0.290 e. The third kappa shape index (κ3) is 6.40. The second-order valence-corrected chi connectivity index (χ2v) is 3.78. The number of hydrogen-bond donors (Lipinski definition) is 0. The average Bonchev–Trinajstić information content (AvgIpc) is 1.66. The molecular formula is C4H5ClOS2. The molecule has 0 amide bonds. The van der Waals surface area contributed by atoms with Gasteiger partial charge in [0.15, 0.2) is 0 Å². The van der Waals surface area contributed by atoms with Crippen LogP contribution in [0.2, 0.25) is 0 Å². The van der Waals surface area contributed by atoms with Gasteiger partial charge in [-0.2, -0.15) is 0 Å². The standard InChI is InChI=1S/C4H5ClOS2/c1-2-3-7-8-4(5)6/h2H,1,3H2. The third-order valence-corrected chi connectivity index (χ3v) is 2.65. The molecule has 0 N–H and O–H groups in total. The second-order valence-electron chi connectivity index (χ2n) is 0.894. The van der Waals surface area contributed by atoms with Crippen molar-refractivity contribution >= 4 is 37.8 Å². The van der Waals surface area contributed by atoms with Gasteiger partial charge in [-0.05, 0) is 22.4 Å². The highest BCUT2D eigenvalue weighted by Crippen LogP contribution is 2.23. The van der Waals surface area contributed by atoms with Crippen LogP contribution in [0.4, 0.5) is 4.79 Å². The molecule has 0 radical (unpaired) electrons. The van der Waals surface area contributed by atoms with Gasteiger partial charge in [-0.25, -0.2) is 0 Å². The molecule has 46 valence electrons. The van der Waals surface area contributed by atoms with Crippen LogP contribution in [0.5, 0.6) is 0 Å². The van der Waals surface area contributed by atoms with Gasteiger partial charge < -0.3 is 0 Å².